The summed E-state index contributed by atoms with van der Waals surface area (Å²) in [6.07, 6.45) is 3.47. The van der Waals surface area contributed by atoms with Gasteiger partial charge in [-0.05, 0) is 21.0 Å². The van der Waals surface area contributed by atoms with E-state index in [-0.39, 0.29) is 0 Å². The van der Waals surface area contributed by atoms with Gasteiger partial charge in [0.05, 0.1) is 0 Å². The first-order valence-electron chi connectivity index (χ1n) is 3.69. The van der Waals surface area contributed by atoms with E-state index in [4.69, 9.17) is 0 Å². The molecule has 0 radical (unpaired) electrons. The van der Waals surface area contributed by atoms with Crippen LogP contribution in [0.4, 0.5) is 0 Å². The van der Waals surface area contributed by atoms with Gasteiger partial charge >= 0.3 is 0 Å². The van der Waals surface area contributed by atoms with Crippen molar-refractivity contribution in [3.05, 3.63) is 12.7 Å². The molecule has 4 nitrogen and oxygen atoms in total. The van der Waals surface area contributed by atoms with Crippen LogP contribution in [-0.4, -0.2) is 39.8 Å². The van der Waals surface area contributed by atoms with Gasteiger partial charge in [-0.2, -0.15) is 0 Å². The van der Waals surface area contributed by atoms with Gasteiger partial charge in [-0.1, -0.05) is 0 Å². The van der Waals surface area contributed by atoms with Crippen molar-refractivity contribution in [1.29, 1.82) is 0 Å². The van der Waals surface area contributed by atoms with Crippen LogP contribution in [0.5, 0.6) is 0 Å². The number of hydrogen-bond donors (Lipinski definition) is 0. The first kappa shape index (κ1) is 8.20. The third-order valence-corrected chi connectivity index (χ3v) is 1.82. The van der Waals surface area contributed by atoms with E-state index in [0.29, 0.717) is 6.04 Å². The Kier molecular flexibility index (Phi) is 2.59. The fourth-order valence-electron chi connectivity index (χ4n) is 0.785. The van der Waals surface area contributed by atoms with E-state index in [9.17, 15) is 0 Å². The smallest absolute Gasteiger partial charge is 0.119 e. The van der Waals surface area contributed by atoms with Gasteiger partial charge in [0.15, 0.2) is 0 Å². The molecule has 11 heavy (non-hydrogen) atoms. The van der Waals surface area contributed by atoms with Gasteiger partial charge in [-0.3, -0.25) is 0 Å². The second kappa shape index (κ2) is 3.48. The molecule has 1 aromatic rings. The minimum absolute atomic E-state index is 0.519. The van der Waals surface area contributed by atoms with E-state index in [1.807, 2.05) is 4.57 Å². The molecule has 62 valence electrons. The molecule has 1 aromatic heterocycles. The molecule has 1 unspecified atom stereocenters. The molecule has 0 aliphatic heterocycles. The summed E-state index contributed by atoms with van der Waals surface area (Å²) in [7, 11) is 4.13. The zero-order valence-corrected chi connectivity index (χ0v) is 7.23. The fourth-order valence-corrected chi connectivity index (χ4v) is 0.785. The third-order valence-electron chi connectivity index (χ3n) is 1.82. The molecular formula is C7H14N4. The normalized spacial score (nSPS) is 13.8. The number of rotatable bonds is 3. The molecule has 0 aliphatic carbocycles. The van der Waals surface area contributed by atoms with E-state index in [1.165, 1.54) is 0 Å². The van der Waals surface area contributed by atoms with Gasteiger partial charge < -0.3 is 9.47 Å². The molecule has 0 bridgehead atoms. The van der Waals surface area contributed by atoms with Crippen LogP contribution in [0.1, 0.15) is 6.92 Å². The molecule has 1 heterocycles. The number of aromatic nitrogens is 3. The molecule has 0 saturated heterocycles. The van der Waals surface area contributed by atoms with Crippen LogP contribution in [-0.2, 0) is 6.54 Å². The summed E-state index contributed by atoms with van der Waals surface area (Å²) in [5, 5.41) is 7.46. The van der Waals surface area contributed by atoms with E-state index < -0.39 is 0 Å². The van der Waals surface area contributed by atoms with Gasteiger partial charge in [0, 0.05) is 12.6 Å². The van der Waals surface area contributed by atoms with Crippen molar-refractivity contribution in [3.63, 3.8) is 0 Å². The van der Waals surface area contributed by atoms with E-state index in [0.717, 1.165) is 6.54 Å². The van der Waals surface area contributed by atoms with Crippen LogP contribution in [0.25, 0.3) is 0 Å². The summed E-state index contributed by atoms with van der Waals surface area (Å²) in [6, 6.07) is 0.519. The van der Waals surface area contributed by atoms with Crippen molar-refractivity contribution < 1.29 is 0 Å². The number of likely N-dealkylation sites (N-methyl/N-ethyl adjacent to an activating group) is 1. The molecule has 0 fully saturated rings. The molecule has 1 atom stereocenters. The molecule has 1 rings (SSSR count). The molecule has 0 saturated carbocycles. The molecule has 0 amide bonds. The van der Waals surface area contributed by atoms with Gasteiger partial charge in [0.2, 0.25) is 0 Å². The SMILES string of the molecule is CC(Cn1cnnc1)N(C)C. The maximum absolute atomic E-state index is 3.73. The molecule has 0 aromatic carbocycles. The number of nitrogens with zero attached hydrogens (tertiary/aromatic N) is 4. The van der Waals surface area contributed by atoms with Crippen molar-refractivity contribution in [2.75, 3.05) is 14.1 Å². The predicted molar refractivity (Wildman–Crippen MR) is 43.2 cm³/mol. The summed E-state index contributed by atoms with van der Waals surface area (Å²) in [6.45, 7) is 3.11. The predicted octanol–water partition coefficient (Wildman–Crippen LogP) is 0.228. The minimum Gasteiger partial charge on any atom is -0.319 e. The van der Waals surface area contributed by atoms with Crippen LogP contribution >= 0.6 is 0 Å². The Hall–Kier alpha value is -0.900. The molecule has 0 spiro atoms. The topological polar surface area (TPSA) is 34.0 Å². The Morgan fingerprint density at radius 3 is 2.36 bits per heavy atom. The van der Waals surface area contributed by atoms with Crippen molar-refractivity contribution in [2.45, 2.75) is 19.5 Å². The Morgan fingerprint density at radius 1 is 1.36 bits per heavy atom. The van der Waals surface area contributed by atoms with Crippen LogP contribution in [0.3, 0.4) is 0 Å². The van der Waals surface area contributed by atoms with Crippen molar-refractivity contribution >= 4 is 0 Å². The summed E-state index contributed by atoms with van der Waals surface area (Å²) >= 11 is 0. The first-order valence-corrected chi connectivity index (χ1v) is 3.69. The Bertz CT molecular complexity index is 192. The van der Waals surface area contributed by atoms with Gasteiger partial charge in [-0.15, -0.1) is 10.2 Å². The monoisotopic (exact) mass is 154 g/mol. The zero-order valence-electron chi connectivity index (χ0n) is 7.23. The van der Waals surface area contributed by atoms with E-state index in [2.05, 4.69) is 36.1 Å². The molecule has 0 aliphatic rings. The van der Waals surface area contributed by atoms with Crippen LogP contribution < -0.4 is 0 Å². The van der Waals surface area contributed by atoms with Crippen molar-refractivity contribution in [1.82, 2.24) is 19.7 Å². The fraction of sp³-hybridized carbons (Fsp3) is 0.714. The molecular weight excluding hydrogens is 140 g/mol. The highest BCUT2D eigenvalue weighted by Gasteiger charge is 2.03. The van der Waals surface area contributed by atoms with Crippen molar-refractivity contribution in [3.8, 4) is 0 Å². The van der Waals surface area contributed by atoms with Crippen LogP contribution in [0, 0.1) is 0 Å². The summed E-state index contributed by atoms with van der Waals surface area (Å²) in [4.78, 5) is 2.17. The van der Waals surface area contributed by atoms with Crippen LogP contribution in [0.15, 0.2) is 12.7 Å². The lowest BCUT2D eigenvalue weighted by Crippen LogP contribution is -2.28. The average molecular weight is 154 g/mol. The second-order valence-electron chi connectivity index (χ2n) is 2.97. The average Bonchev–Trinajstić information content (AvgIpc) is 2.39. The van der Waals surface area contributed by atoms with Gasteiger partial charge in [0.25, 0.3) is 0 Å². The second-order valence-corrected chi connectivity index (χ2v) is 2.97. The highest BCUT2D eigenvalue weighted by molar-refractivity contribution is 4.66. The minimum atomic E-state index is 0.519. The Morgan fingerprint density at radius 2 is 1.91 bits per heavy atom. The lowest BCUT2D eigenvalue weighted by atomic mass is 10.3. The lowest BCUT2D eigenvalue weighted by Gasteiger charge is -2.19. The van der Waals surface area contributed by atoms with Gasteiger partial charge in [0.1, 0.15) is 12.7 Å². The Labute approximate surface area is 66.8 Å². The zero-order chi connectivity index (χ0) is 8.27. The van der Waals surface area contributed by atoms with E-state index >= 15 is 0 Å². The van der Waals surface area contributed by atoms with Crippen molar-refractivity contribution in [2.24, 2.45) is 0 Å². The maximum atomic E-state index is 3.73. The van der Waals surface area contributed by atoms with Crippen LogP contribution in [0.2, 0.25) is 0 Å². The highest BCUT2D eigenvalue weighted by atomic mass is 15.2. The maximum Gasteiger partial charge on any atom is 0.119 e. The standard InChI is InChI=1S/C7H14N4/c1-7(10(2)3)4-11-5-8-9-6-11/h5-7H,4H2,1-3H3. The quantitative estimate of drug-likeness (QED) is 0.625. The summed E-state index contributed by atoms with van der Waals surface area (Å²) in [5.41, 5.74) is 0. The largest absolute Gasteiger partial charge is 0.319 e. The summed E-state index contributed by atoms with van der Waals surface area (Å²) in [5.74, 6) is 0. The summed E-state index contributed by atoms with van der Waals surface area (Å²) < 4.78 is 1.98. The third kappa shape index (κ3) is 2.31. The Balaban J connectivity index is 2.43. The lowest BCUT2D eigenvalue weighted by molar-refractivity contribution is 0.283. The van der Waals surface area contributed by atoms with Gasteiger partial charge in [-0.25, -0.2) is 0 Å². The highest BCUT2D eigenvalue weighted by Crippen LogP contribution is 1.95. The molecule has 0 N–H and O–H groups in total. The number of hydrogen-bond acceptors (Lipinski definition) is 3. The first-order chi connectivity index (χ1) is 5.20. The van der Waals surface area contributed by atoms with E-state index in [1.54, 1.807) is 12.7 Å². The molecule has 4 heteroatoms.